The molecule has 0 amide bonds. The maximum Gasteiger partial charge on any atom is 0.332 e. The van der Waals surface area contributed by atoms with E-state index < -0.39 is 11.5 Å². The molecule has 0 radical (unpaired) electrons. The van der Waals surface area contributed by atoms with Crippen molar-refractivity contribution in [3.8, 4) is 0 Å². The van der Waals surface area contributed by atoms with Crippen LogP contribution in [-0.2, 0) is 21.6 Å². The van der Waals surface area contributed by atoms with Crippen molar-refractivity contribution < 1.29 is 9.53 Å². The summed E-state index contributed by atoms with van der Waals surface area (Å²) < 4.78 is 6.50. The maximum atomic E-state index is 12.1. The van der Waals surface area contributed by atoms with Crippen molar-refractivity contribution in [1.82, 2.24) is 9.78 Å². The third-order valence-electron chi connectivity index (χ3n) is 3.02. The number of aromatic nitrogens is 2. The predicted molar refractivity (Wildman–Crippen MR) is 71.3 cm³/mol. The van der Waals surface area contributed by atoms with E-state index in [1.807, 2.05) is 43.3 Å². The van der Waals surface area contributed by atoms with Gasteiger partial charge in [-0.05, 0) is 18.6 Å². The standard InChI is InChI=1S/C14H17N3O2/c1-11-8-9-17(16-11)10-14(15,13(18)19-2)12-6-4-3-5-7-12/h3-9H,10,15H2,1-2H3. The Hall–Kier alpha value is -2.14. The molecule has 0 saturated heterocycles. The Morgan fingerprint density at radius 3 is 2.58 bits per heavy atom. The van der Waals surface area contributed by atoms with Gasteiger partial charge in [-0.15, -0.1) is 0 Å². The van der Waals surface area contributed by atoms with Gasteiger partial charge in [0.05, 0.1) is 19.3 Å². The van der Waals surface area contributed by atoms with Crippen LogP contribution in [0.15, 0.2) is 42.6 Å². The normalized spacial score (nSPS) is 13.8. The van der Waals surface area contributed by atoms with Gasteiger partial charge in [0.15, 0.2) is 5.54 Å². The Labute approximate surface area is 112 Å². The fraction of sp³-hybridized carbons (Fsp3) is 0.286. The van der Waals surface area contributed by atoms with Crippen LogP contribution in [0.3, 0.4) is 0 Å². The number of nitrogens with two attached hydrogens (primary N) is 1. The highest BCUT2D eigenvalue weighted by Crippen LogP contribution is 2.22. The molecule has 0 bridgehead atoms. The summed E-state index contributed by atoms with van der Waals surface area (Å²) in [5.41, 5.74) is 6.62. The second-order valence-electron chi connectivity index (χ2n) is 4.48. The molecule has 1 heterocycles. The number of aryl methyl sites for hydroxylation is 1. The number of methoxy groups -OCH3 is 1. The molecule has 0 spiro atoms. The molecule has 0 aliphatic heterocycles. The molecule has 0 aliphatic carbocycles. The first kappa shape index (κ1) is 13.3. The molecule has 2 aromatic rings. The smallest absolute Gasteiger partial charge is 0.332 e. The molecular formula is C14H17N3O2. The highest BCUT2D eigenvalue weighted by molar-refractivity contribution is 5.82. The average Bonchev–Trinajstić information content (AvgIpc) is 2.83. The molecule has 1 aromatic carbocycles. The molecule has 5 heteroatoms. The number of ether oxygens (including phenoxy) is 1. The molecule has 0 fully saturated rings. The number of carbonyl (C=O) groups is 1. The van der Waals surface area contributed by atoms with E-state index in [0.717, 1.165) is 5.69 Å². The van der Waals surface area contributed by atoms with Crippen molar-refractivity contribution in [2.24, 2.45) is 5.73 Å². The minimum Gasteiger partial charge on any atom is -0.467 e. The molecule has 19 heavy (non-hydrogen) atoms. The Kier molecular flexibility index (Phi) is 3.66. The minimum absolute atomic E-state index is 0.234. The van der Waals surface area contributed by atoms with Crippen molar-refractivity contribution in [2.75, 3.05) is 7.11 Å². The zero-order chi connectivity index (χ0) is 13.9. The summed E-state index contributed by atoms with van der Waals surface area (Å²) in [4.78, 5) is 12.1. The highest BCUT2D eigenvalue weighted by atomic mass is 16.5. The van der Waals surface area contributed by atoms with Gasteiger partial charge in [0.2, 0.25) is 0 Å². The number of nitrogens with zero attached hydrogens (tertiary/aromatic N) is 2. The van der Waals surface area contributed by atoms with Crippen LogP contribution < -0.4 is 5.73 Å². The second kappa shape index (κ2) is 5.24. The monoisotopic (exact) mass is 259 g/mol. The van der Waals surface area contributed by atoms with Gasteiger partial charge in [-0.3, -0.25) is 4.68 Å². The van der Waals surface area contributed by atoms with Crippen molar-refractivity contribution in [3.63, 3.8) is 0 Å². The van der Waals surface area contributed by atoms with Gasteiger partial charge in [-0.25, -0.2) is 4.79 Å². The van der Waals surface area contributed by atoms with Gasteiger partial charge < -0.3 is 10.5 Å². The highest BCUT2D eigenvalue weighted by Gasteiger charge is 2.38. The Morgan fingerprint density at radius 2 is 2.05 bits per heavy atom. The molecular weight excluding hydrogens is 242 g/mol. The Morgan fingerprint density at radius 1 is 1.37 bits per heavy atom. The summed E-state index contributed by atoms with van der Waals surface area (Å²) in [6.45, 7) is 2.12. The maximum absolute atomic E-state index is 12.1. The summed E-state index contributed by atoms with van der Waals surface area (Å²) in [6, 6.07) is 11.0. The quantitative estimate of drug-likeness (QED) is 0.838. The van der Waals surface area contributed by atoms with Crippen LogP contribution in [-0.4, -0.2) is 22.9 Å². The van der Waals surface area contributed by atoms with Crippen LogP contribution in [0, 0.1) is 6.92 Å². The van der Waals surface area contributed by atoms with Crippen LogP contribution >= 0.6 is 0 Å². The van der Waals surface area contributed by atoms with Crippen LogP contribution in [0.25, 0.3) is 0 Å². The molecule has 2 N–H and O–H groups in total. The molecule has 1 atom stereocenters. The van der Waals surface area contributed by atoms with E-state index in [0.29, 0.717) is 5.56 Å². The van der Waals surface area contributed by atoms with Crippen molar-refractivity contribution in [2.45, 2.75) is 19.0 Å². The molecule has 1 aromatic heterocycles. The fourth-order valence-electron chi connectivity index (χ4n) is 2.00. The lowest BCUT2D eigenvalue weighted by molar-refractivity contribution is -0.148. The lowest BCUT2D eigenvalue weighted by Gasteiger charge is -2.26. The van der Waals surface area contributed by atoms with Crippen molar-refractivity contribution >= 4 is 5.97 Å². The van der Waals surface area contributed by atoms with Gasteiger partial charge in [0.1, 0.15) is 0 Å². The first-order valence-corrected chi connectivity index (χ1v) is 5.99. The van der Waals surface area contributed by atoms with Crippen LogP contribution in [0.5, 0.6) is 0 Å². The largest absolute Gasteiger partial charge is 0.467 e. The summed E-state index contributed by atoms with van der Waals surface area (Å²) in [6.07, 6.45) is 1.79. The van der Waals surface area contributed by atoms with Crippen LogP contribution in [0.1, 0.15) is 11.3 Å². The summed E-state index contributed by atoms with van der Waals surface area (Å²) in [5, 5.41) is 4.27. The van der Waals surface area contributed by atoms with Crippen molar-refractivity contribution in [1.29, 1.82) is 0 Å². The average molecular weight is 259 g/mol. The number of hydrogen-bond acceptors (Lipinski definition) is 4. The predicted octanol–water partition coefficient (Wildman–Crippen LogP) is 1.22. The minimum atomic E-state index is -1.24. The third kappa shape index (κ3) is 2.66. The zero-order valence-corrected chi connectivity index (χ0v) is 11.0. The van der Waals surface area contributed by atoms with E-state index in [1.54, 1.807) is 10.9 Å². The molecule has 100 valence electrons. The van der Waals surface area contributed by atoms with Gasteiger partial charge in [-0.1, -0.05) is 30.3 Å². The van der Waals surface area contributed by atoms with E-state index in [9.17, 15) is 4.79 Å². The molecule has 0 aliphatic rings. The SMILES string of the molecule is COC(=O)C(N)(Cn1ccc(C)n1)c1ccccc1. The fourth-order valence-corrected chi connectivity index (χ4v) is 2.00. The van der Waals surface area contributed by atoms with E-state index in [4.69, 9.17) is 10.5 Å². The summed E-state index contributed by atoms with van der Waals surface area (Å²) in [7, 11) is 1.33. The van der Waals surface area contributed by atoms with Crippen LogP contribution in [0.2, 0.25) is 0 Å². The molecule has 0 saturated carbocycles. The van der Waals surface area contributed by atoms with Gasteiger partial charge in [0.25, 0.3) is 0 Å². The first-order chi connectivity index (χ1) is 9.06. The summed E-state index contributed by atoms with van der Waals surface area (Å²) in [5.74, 6) is -0.480. The number of carbonyl (C=O) groups excluding carboxylic acids is 1. The molecule has 2 rings (SSSR count). The van der Waals surface area contributed by atoms with E-state index in [2.05, 4.69) is 5.10 Å². The number of esters is 1. The lowest BCUT2D eigenvalue weighted by atomic mass is 9.91. The Bertz CT molecular complexity index is 565. The third-order valence-corrected chi connectivity index (χ3v) is 3.02. The van der Waals surface area contributed by atoms with E-state index in [1.165, 1.54) is 7.11 Å². The Balaban J connectivity index is 2.38. The van der Waals surface area contributed by atoms with E-state index in [-0.39, 0.29) is 6.54 Å². The van der Waals surface area contributed by atoms with E-state index >= 15 is 0 Å². The van der Waals surface area contributed by atoms with Crippen LogP contribution in [0.4, 0.5) is 0 Å². The molecule has 5 nitrogen and oxygen atoms in total. The lowest BCUT2D eigenvalue weighted by Crippen LogP contribution is -2.49. The van der Waals surface area contributed by atoms with Gasteiger partial charge >= 0.3 is 5.97 Å². The number of rotatable bonds is 4. The van der Waals surface area contributed by atoms with Crippen molar-refractivity contribution in [3.05, 3.63) is 53.9 Å². The first-order valence-electron chi connectivity index (χ1n) is 5.99. The second-order valence-corrected chi connectivity index (χ2v) is 4.48. The molecule has 1 unspecified atom stereocenters. The number of benzene rings is 1. The summed E-state index contributed by atoms with van der Waals surface area (Å²) >= 11 is 0. The van der Waals surface area contributed by atoms with Gasteiger partial charge in [-0.2, -0.15) is 5.10 Å². The van der Waals surface area contributed by atoms with Gasteiger partial charge in [0, 0.05) is 6.20 Å². The zero-order valence-electron chi connectivity index (χ0n) is 11.0. The topological polar surface area (TPSA) is 70.1 Å². The number of hydrogen-bond donors (Lipinski definition) is 1.